The van der Waals surface area contributed by atoms with Gasteiger partial charge in [-0.2, -0.15) is 4.68 Å². The highest BCUT2D eigenvalue weighted by Gasteiger charge is 2.27. The van der Waals surface area contributed by atoms with E-state index in [2.05, 4.69) is 9.83 Å². The van der Waals surface area contributed by atoms with Gasteiger partial charge in [0.1, 0.15) is 29.5 Å². The van der Waals surface area contributed by atoms with Gasteiger partial charge in [-0.25, -0.2) is 0 Å². The number of aromatic nitrogens is 3. The van der Waals surface area contributed by atoms with Crippen LogP contribution in [0.2, 0.25) is 0 Å². The van der Waals surface area contributed by atoms with Crippen molar-refractivity contribution in [2.24, 2.45) is 0 Å². The Hall–Kier alpha value is -3.83. The van der Waals surface area contributed by atoms with Crippen LogP contribution in [0.4, 0.5) is 11.5 Å². The maximum absolute atomic E-state index is 7.59. The monoisotopic (exact) mass is 457 g/mol. The first kappa shape index (κ1) is 21.0. The minimum absolute atomic E-state index is 0.347. The van der Waals surface area contributed by atoms with Gasteiger partial charge in [0.2, 0.25) is 0 Å². The summed E-state index contributed by atoms with van der Waals surface area (Å²) in [5.74, 6) is 2.80. The molecule has 1 fully saturated rings. The molecule has 166 valence electrons. The average molecular weight is 458 g/mol. The highest BCUT2D eigenvalue weighted by atomic mass is 32.1. The Labute approximate surface area is 196 Å². The molecule has 4 aromatic rings. The Balaban J connectivity index is 1.31. The topological polar surface area (TPSA) is 79.5 Å². The van der Waals surface area contributed by atoms with Crippen LogP contribution in [-0.4, -0.2) is 14.8 Å². The first-order valence-corrected chi connectivity index (χ1v) is 11.7. The number of nitrogens with two attached hydrogens (primary N) is 1. The summed E-state index contributed by atoms with van der Waals surface area (Å²) < 4.78 is 13.5. The molecule has 1 aliphatic carbocycles. The highest BCUT2D eigenvalue weighted by Crippen LogP contribution is 2.40. The molecule has 2 heterocycles. The molecule has 5 rings (SSSR count). The van der Waals surface area contributed by atoms with Crippen LogP contribution in [0.3, 0.4) is 0 Å². The maximum Gasteiger partial charge on any atom is 0.280 e. The van der Waals surface area contributed by atoms with Gasteiger partial charge in [-0.1, -0.05) is 30.6 Å². The Morgan fingerprint density at radius 2 is 1.88 bits per heavy atom. The standard InChI is InChI=1S/C25H23N5O2S/c1-27-25-23(26)24(17-5-2-3-6-17)29-30(25)18-9-11-19(12-10-18)32-21-8-4-7-20(13-21)31-15-22-14-28-16-33-22/h4,7-14,16-17H,2-3,5-6,15,26H2. The lowest BCUT2D eigenvalue weighted by atomic mass is 10.0. The molecule has 2 aromatic carbocycles. The maximum atomic E-state index is 7.59. The molecule has 0 radical (unpaired) electrons. The third-order valence-corrected chi connectivity index (χ3v) is 6.51. The minimum Gasteiger partial charge on any atom is -0.488 e. The molecule has 1 saturated carbocycles. The van der Waals surface area contributed by atoms with Crippen molar-refractivity contribution in [1.82, 2.24) is 14.8 Å². The average Bonchev–Trinajstić information content (AvgIpc) is 3.60. The number of hydrogen-bond donors (Lipinski definition) is 1. The lowest BCUT2D eigenvalue weighted by Crippen LogP contribution is -2.00. The van der Waals surface area contributed by atoms with Crippen LogP contribution < -0.4 is 15.2 Å². The molecule has 0 amide bonds. The molecule has 33 heavy (non-hydrogen) atoms. The molecule has 2 aromatic heterocycles. The third-order valence-electron chi connectivity index (χ3n) is 5.76. The van der Waals surface area contributed by atoms with Gasteiger partial charge < -0.3 is 20.1 Å². The normalized spacial score (nSPS) is 13.7. The Bertz CT molecular complexity index is 1270. The summed E-state index contributed by atoms with van der Waals surface area (Å²) in [6.45, 7) is 8.07. The molecule has 0 saturated heterocycles. The van der Waals surface area contributed by atoms with E-state index in [1.165, 1.54) is 12.8 Å². The van der Waals surface area contributed by atoms with Crippen molar-refractivity contribution in [3.8, 4) is 22.9 Å². The Kier molecular flexibility index (Phi) is 5.96. The molecule has 2 N–H and O–H groups in total. The zero-order valence-corrected chi connectivity index (χ0v) is 18.8. The number of hydrogen-bond acceptors (Lipinski definition) is 6. The quantitative estimate of drug-likeness (QED) is 0.321. The number of ether oxygens (including phenoxy) is 2. The fraction of sp³-hybridized carbons (Fsp3) is 0.240. The van der Waals surface area contributed by atoms with Gasteiger partial charge in [-0.15, -0.1) is 11.3 Å². The van der Waals surface area contributed by atoms with Gasteiger partial charge in [0.25, 0.3) is 5.82 Å². The van der Waals surface area contributed by atoms with Crippen LogP contribution >= 0.6 is 11.3 Å². The molecule has 0 spiro atoms. The fourth-order valence-corrected chi connectivity index (χ4v) is 4.62. The van der Waals surface area contributed by atoms with E-state index in [1.54, 1.807) is 27.7 Å². The summed E-state index contributed by atoms with van der Waals surface area (Å²) >= 11 is 1.56. The summed E-state index contributed by atoms with van der Waals surface area (Å²) in [6.07, 6.45) is 6.34. The van der Waals surface area contributed by atoms with Crippen molar-refractivity contribution in [1.29, 1.82) is 0 Å². The molecule has 0 bridgehead atoms. The summed E-state index contributed by atoms with van der Waals surface area (Å²) in [4.78, 5) is 8.77. The van der Waals surface area contributed by atoms with Crippen LogP contribution in [-0.2, 0) is 6.61 Å². The van der Waals surface area contributed by atoms with E-state index in [4.69, 9.17) is 26.9 Å². The predicted molar refractivity (Wildman–Crippen MR) is 128 cm³/mol. The van der Waals surface area contributed by atoms with Gasteiger partial charge >= 0.3 is 0 Å². The second-order valence-corrected chi connectivity index (χ2v) is 8.93. The van der Waals surface area contributed by atoms with Crippen molar-refractivity contribution in [2.75, 3.05) is 5.73 Å². The SMILES string of the molecule is [C-]#[N+]c1c(N)c(C2CCCC2)nn1-c1ccc(Oc2cccc(OCc3cncs3)c2)cc1. The van der Waals surface area contributed by atoms with Crippen molar-refractivity contribution in [3.63, 3.8) is 0 Å². The molecule has 7 nitrogen and oxygen atoms in total. The smallest absolute Gasteiger partial charge is 0.280 e. The van der Waals surface area contributed by atoms with Crippen LogP contribution in [0, 0.1) is 6.57 Å². The lowest BCUT2D eigenvalue weighted by molar-refractivity contribution is 0.308. The summed E-state index contributed by atoms with van der Waals surface area (Å²) in [5, 5.41) is 4.72. The molecule has 0 aliphatic heterocycles. The summed E-state index contributed by atoms with van der Waals surface area (Å²) in [5.41, 5.74) is 10.2. The fourth-order valence-electron chi connectivity index (χ4n) is 4.11. The number of rotatable bonds is 7. The Morgan fingerprint density at radius 1 is 1.09 bits per heavy atom. The zero-order valence-electron chi connectivity index (χ0n) is 18.0. The molecule has 0 atom stereocenters. The van der Waals surface area contributed by atoms with Gasteiger partial charge in [0.05, 0.1) is 21.8 Å². The second kappa shape index (κ2) is 9.35. The molecular formula is C25H23N5O2S. The van der Waals surface area contributed by atoms with E-state index in [9.17, 15) is 0 Å². The van der Waals surface area contributed by atoms with Gasteiger partial charge in [0, 0.05) is 18.2 Å². The van der Waals surface area contributed by atoms with Crippen LogP contribution in [0.1, 0.15) is 42.2 Å². The van der Waals surface area contributed by atoms with Crippen molar-refractivity contribution in [2.45, 2.75) is 38.2 Å². The molecular weight excluding hydrogens is 434 g/mol. The van der Waals surface area contributed by atoms with Crippen molar-refractivity contribution in [3.05, 3.63) is 82.2 Å². The van der Waals surface area contributed by atoms with E-state index in [-0.39, 0.29) is 0 Å². The largest absolute Gasteiger partial charge is 0.488 e. The second-order valence-electron chi connectivity index (χ2n) is 7.95. The predicted octanol–water partition coefficient (Wildman–Crippen LogP) is 6.49. The zero-order chi connectivity index (χ0) is 22.6. The number of nitrogens with zero attached hydrogens (tertiary/aromatic N) is 4. The van der Waals surface area contributed by atoms with E-state index in [1.807, 2.05) is 48.5 Å². The van der Waals surface area contributed by atoms with E-state index in [0.717, 1.165) is 34.8 Å². The van der Waals surface area contributed by atoms with Crippen molar-refractivity contribution < 1.29 is 9.47 Å². The Morgan fingerprint density at radius 3 is 2.61 bits per heavy atom. The first-order chi connectivity index (χ1) is 16.2. The lowest BCUT2D eigenvalue weighted by Gasteiger charge is -2.09. The van der Waals surface area contributed by atoms with Crippen LogP contribution in [0.15, 0.2) is 60.2 Å². The van der Waals surface area contributed by atoms with Gasteiger partial charge in [-0.3, -0.25) is 4.98 Å². The number of anilines is 1. The number of benzene rings is 2. The van der Waals surface area contributed by atoms with Crippen LogP contribution in [0.5, 0.6) is 17.2 Å². The molecule has 1 aliphatic rings. The van der Waals surface area contributed by atoms with Crippen LogP contribution in [0.25, 0.3) is 10.5 Å². The van der Waals surface area contributed by atoms with Crippen molar-refractivity contribution >= 4 is 22.8 Å². The summed E-state index contributed by atoms with van der Waals surface area (Å²) in [6, 6.07) is 15.0. The van der Waals surface area contributed by atoms with E-state index in [0.29, 0.717) is 35.5 Å². The van der Waals surface area contributed by atoms with Gasteiger partial charge in [0.15, 0.2) is 0 Å². The molecule has 8 heteroatoms. The number of nitrogen functional groups attached to an aromatic ring is 1. The highest BCUT2D eigenvalue weighted by molar-refractivity contribution is 7.09. The first-order valence-electron chi connectivity index (χ1n) is 10.9. The summed E-state index contributed by atoms with van der Waals surface area (Å²) in [7, 11) is 0. The van der Waals surface area contributed by atoms with Gasteiger partial charge in [-0.05, 0) is 49.2 Å². The number of thiazole rings is 1. The molecule has 0 unspecified atom stereocenters. The van der Waals surface area contributed by atoms with E-state index >= 15 is 0 Å². The third kappa shape index (κ3) is 4.54. The minimum atomic E-state index is 0.347. The van der Waals surface area contributed by atoms with E-state index < -0.39 is 0 Å².